The minimum Gasteiger partial charge on any atom is -0.465 e. The Morgan fingerprint density at radius 2 is 2.00 bits per heavy atom. The monoisotopic (exact) mass is 498 g/mol. The Balaban J connectivity index is 1.42. The third-order valence-corrected chi connectivity index (χ3v) is 8.76. The second kappa shape index (κ2) is 9.63. The Morgan fingerprint density at radius 1 is 1.27 bits per heavy atom. The summed E-state index contributed by atoms with van der Waals surface area (Å²) in [5.74, 6) is -0.976. The fourth-order valence-corrected chi connectivity index (χ4v) is 6.07. The molecule has 2 aliphatic rings. The summed E-state index contributed by atoms with van der Waals surface area (Å²) in [5, 5.41) is -0.484. The number of methoxy groups -OCH3 is 1. The first kappa shape index (κ1) is 24.0. The quantitative estimate of drug-likeness (QED) is 0.466. The minimum atomic E-state index is -3.58. The third-order valence-electron chi connectivity index (χ3n) is 6.58. The molecule has 1 N–H and O–H groups in total. The van der Waals surface area contributed by atoms with Crippen LogP contribution in [0, 0.1) is 5.82 Å². The van der Waals surface area contributed by atoms with Crippen LogP contribution in [0.1, 0.15) is 28.9 Å². The van der Waals surface area contributed by atoms with Gasteiger partial charge < -0.3 is 9.47 Å². The molecule has 4 rings (SSSR count). The molecule has 0 amide bonds. The normalized spacial score (nSPS) is 23.7. The van der Waals surface area contributed by atoms with Gasteiger partial charge in [-0.3, -0.25) is 9.47 Å². The molecule has 0 saturated carbocycles. The van der Waals surface area contributed by atoms with Crippen LogP contribution < -0.4 is 9.21 Å². The van der Waals surface area contributed by atoms with Crippen molar-refractivity contribution in [3.63, 3.8) is 0 Å². The second-order valence-corrected chi connectivity index (χ2v) is 10.8. The van der Waals surface area contributed by atoms with Gasteiger partial charge in [0.25, 0.3) is 0 Å². The molecule has 0 bridgehead atoms. The Morgan fingerprint density at radius 3 is 2.55 bits per heavy atom. The molecule has 0 aliphatic carbocycles. The Bertz CT molecular complexity index is 1120. The van der Waals surface area contributed by atoms with Crippen LogP contribution in [-0.2, 0) is 26.0 Å². The van der Waals surface area contributed by atoms with Crippen molar-refractivity contribution >= 4 is 33.3 Å². The molecule has 11 heteroatoms. The number of ether oxygens (including phenoxy) is 2. The smallest absolute Gasteiger partial charge is 0.339 e. The largest absolute Gasteiger partial charge is 0.465 e. The van der Waals surface area contributed by atoms with Crippen LogP contribution in [0.15, 0.2) is 36.5 Å². The first-order valence-corrected chi connectivity index (χ1v) is 12.6. The van der Waals surface area contributed by atoms with Crippen molar-refractivity contribution in [2.45, 2.75) is 30.7 Å². The summed E-state index contributed by atoms with van der Waals surface area (Å²) >= 11 is 6.04. The molecule has 0 unspecified atom stereocenters. The zero-order chi connectivity index (χ0) is 23.6. The summed E-state index contributed by atoms with van der Waals surface area (Å²) in [4.78, 5) is 15.6. The lowest BCUT2D eigenvalue weighted by atomic mass is 9.99. The van der Waals surface area contributed by atoms with Crippen molar-refractivity contribution in [2.75, 3.05) is 33.4 Å². The van der Waals surface area contributed by atoms with Crippen LogP contribution in [0.4, 0.5) is 10.1 Å². The van der Waals surface area contributed by atoms with Crippen LogP contribution in [0.5, 0.6) is 0 Å². The summed E-state index contributed by atoms with van der Waals surface area (Å²) in [6.07, 6.45) is 2.27. The van der Waals surface area contributed by atoms with Crippen molar-refractivity contribution in [3.8, 4) is 0 Å². The Kier molecular flexibility index (Phi) is 7.01. The van der Waals surface area contributed by atoms with Gasteiger partial charge in [0, 0.05) is 31.2 Å². The van der Waals surface area contributed by atoms with Gasteiger partial charge in [-0.1, -0.05) is 11.6 Å². The number of halogens is 2. The van der Waals surface area contributed by atoms with E-state index in [1.165, 1.54) is 19.4 Å². The van der Waals surface area contributed by atoms with Crippen molar-refractivity contribution in [2.24, 2.45) is 0 Å². The lowest BCUT2D eigenvalue weighted by Crippen LogP contribution is -2.68. The van der Waals surface area contributed by atoms with E-state index in [4.69, 9.17) is 16.3 Å². The number of esters is 1. The number of piperidine rings is 1. The third kappa shape index (κ3) is 4.90. The van der Waals surface area contributed by atoms with Gasteiger partial charge in [0.2, 0.25) is 10.0 Å². The predicted molar refractivity (Wildman–Crippen MR) is 122 cm³/mol. The number of benzene rings is 1. The van der Waals surface area contributed by atoms with Crippen molar-refractivity contribution in [3.05, 3.63) is 58.6 Å². The van der Waals surface area contributed by atoms with E-state index in [0.717, 1.165) is 5.69 Å². The molecule has 2 aliphatic heterocycles. The average Bonchev–Trinajstić information content (AvgIpc) is 2.78. The summed E-state index contributed by atoms with van der Waals surface area (Å²) in [6, 6.07) is 8.07. The van der Waals surface area contributed by atoms with E-state index < -0.39 is 27.1 Å². The summed E-state index contributed by atoms with van der Waals surface area (Å²) in [7, 11) is -2.30. The number of nitrogens with one attached hydrogen (secondary N) is 1. The molecule has 0 spiro atoms. The maximum absolute atomic E-state index is 13.7. The molecule has 3 heterocycles. The number of hydrogen-bond donors (Lipinski definition) is 1. The van der Waals surface area contributed by atoms with E-state index >= 15 is 0 Å². The first-order chi connectivity index (χ1) is 15.7. The summed E-state index contributed by atoms with van der Waals surface area (Å²) in [5.41, 5.74) is 1.68. The Labute approximate surface area is 197 Å². The van der Waals surface area contributed by atoms with Gasteiger partial charge in [-0.05, 0) is 18.2 Å². The molecule has 2 fully saturated rings. The zero-order valence-electron chi connectivity index (χ0n) is 18.2. The average molecular weight is 499 g/mol. The molecule has 0 atom stereocenters. The van der Waals surface area contributed by atoms with Gasteiger partial charge in [0.1, 0.15) is 30.8 Å². The van der Waals surface area contributed by atoms with Gasteiger partial charge in [-0.15, -0.1) is 0 Å². The van der Waals surface area contributed by atoms with Crippen molar-refractivity contribution < 1.29 is 27.1 Å². The van der Waals surface area contributed by atoms with Gasteiger partial charge in [0.15, 0.2) is 0 Å². The van der Waals surface area contributed by atoms with Crippen LogP contribution >= 0.6 is 11.6 Å². The highest BCUT2D eigenvalue weighted by Crippen LogP contribution is 2.37. The molecule has 1 aromatic heterocycles. The number of aromatic nitrogens is 1. The number of carbonyl (C=O) groups excluding carboxylic acids is 1. The van der Waals surface area contributed by atoms with Gasteiger partial charge in [-0.25, -0.2) is 22.3 Å². The molecule has 178 valence electrons. The number of sulfonamides is 1. The molecule has 8 nitrogen and oxygen atoms in total. The van der Waals surface area contributed by atoms with Crippen LogP contribution in [0.25, 0.3) is 0 Å². The number of nitrogens with zero attached hydrogens (tertiary/aromatic N) is 2. The van der Waals surface area contributed by atoms with Crippen LogP contribution in [0.3, 0.4) is 0 Å². The van der Waals surface area contributed by atoms with E-state index in [1.807, 2.05) is 0 Å². The molecular formula is C22H26ClFN3O5S+. The Hall–Kier alpha value is -2.11. The lowest BCUT2D eigenvalue weighted by Gasteiger charge is -2.50. The first-order valence-electron chi connectivity index (χ1n) is 10.7. The van der Waals surface area contributed by atoms with Gasteiger partial charge >= 0.3 is 5.97 Å². The topological polar surface area (TPSA) is 94.6 Å². The van der Waals surface area contributed by atoms with E-state index in [-0.39, 0.29) is 17.6 Å². The molecule has 1 aromatic carbocycles. The molecule has 2 aromatic rings. The summed E-state index contributed by atoms with van der Waals surface area (Å²) < 4.78 is 52.9. The maximum atomic E-state index is 13.7. The minimum absolute atomic E-state index is 0.0321. The van der Waals surface area contributed by atoms with Gasteiger partial charge in [-0.2, -0.15) is 0 Å². The number of carbonyl (C=O) groups is 1. The van der Waals surface area contributed by atoms with Crippen molar-refractivity contribution in [1.82, 2.24) is 14.2 Å². The molecule has 33 heavy (non-hydrogen) atoms. The van der Waals surface area contributed by atoms with E-state index in [1.54, 1.807) is 24.3 Å². The maximum Gasteiger partial charge on any atom is 0.339 e. The standard InChI is InChI=1S/C22H26ClFN3O5S/c1-31-22(28)15-2-3-16(25-11-15)12-26-33(29,30)19-6-8-27(9-7-19,18-13-32-14-18)17-4-5-21(24)20(23)10-17/h2-5,10-11,18-19,26H,6-9,12-14H2,1H3/q+1. The fraction of sp³-hybridized carbons (Fsp3) is 0.455. The molecular weight excluding hydrogens is 473 g/mol. The second-order valence-electron chi connectivity index (χ2n) is 8.37. The van der Waals surface area contributed by atoms with E-state index in [0.29, 0.717) is 54.9 Å². The molecule has 2 saturated heterocycles. The molecule has 0 radical (unpaired) electrons. The lowest BCUT2D eigenvalue weighted by molar-refractivity contribution is -0.0658. The number of quaternary nitrogens is 1. The number of likely N-dealkylation sites (tertiary alicyclic amines) is 1. The van der Waals surface area contributed by atoms with Gasteiger partial charge in [0.05, 0.1) is 48.3 Å². The van der Waals surface area contributed by atoms with Crippen LogP contribution in [0.2, 0.25) is 5.02 Å². The highest BCUT2D eigenvalue weighted by molar-refractivity contribution is 7.90. The highest BCUT2D eigenvalue weighted by atomic mass is 35.5. The number of rotatable bonds is 7. The highest BCUT2D eigenvalue weighted by Gasteiger charge is 2.48. The fourth-order valence-electron chi connectivity index (χ4n) is 4.48. The number of hydrogen-bond acceptors (Lipinski definition) is 6. The summed E-state index contributed by atoms with van der Waals surface area (Å²) in [6.45, 7) is 2.38. The predicted octanol–water partition coefficient (Wildman–Crippen LogP) is 2.65. The van der Waals surface area contributed by atoms with Crippen molar-refractivity contribution in [1.29, 1.82) is 0 Å². The zero-order valence-corrected chi connectivity index (χ0v) is 19.7. The SMILES string of the molecule is COC(=O)c1ccc(CNS(=O)(=O)C2CC[N+](c3ccc(F)c(Cl)c3)(C3COC3)CC2)nc1. The van der Waals surface area contributed by atoms with Crippen LogP contribution in [-0.4, -0.2) is 64.1 Å². The number of pyridine rings is 1. The van der Waals surface area contributed by atoms with E-state index in [2.05, 4.69) is 14.4 Å². The van der Waals surface area contributed by atoms with E-state index in [9.17, 15) is 17.6 Å².